The van der Waals surface area contributed by atoms with Gasteiger partial charge in [0.2, 0.25) is 46.3 Å². The van der Waals surface area contributed by atoms with Gasteiger partial charge in [0.05, 0.1) is 73.8 Å². The number of rotatable bonds is 22. The molecule has 33 nitrogen and oxygen atoms in total. The second-order valence-corrected chi connectivity index (χ2v) is 26.4. The maximum absolute atomic E-state index is 14.7. The van der Waals surface area contributed by atoms with Crippen molar-refractivity contribution in [2.24, 2.45) is 11.7 Å². The van der Waals surface area contributed by atoms with E-state index in [1.165, 1.54) is 36.5 Å². The Morgan fingerprint density at radius 2 is 1.47 bits per heavy atom. The van der Waals surface area contributed by atoms with Crippen molar-refractivity contribution >= 4 is 75.9 Å². The molecule has 98 heavy (non-hydrogen) atoms. The minimum absolute atomic E-state index is 0.00217. The van der Waals surface area contributed by atoms with Crippen molar-refractivity contribution in [1.82, 2.24) is 55.9 Å². The second-order valence-electron chi connectivity index (χ2n) is 25.1. The van der Waals surface area contributed by atoms with E-state index in [1.54, 1.807) is 22.8 Å². The predicted octanol–water partition coefficient (Wildman–Crippen LogP) is -1.32. The van der Waals surface area contributed by atoms with E-state index in [0.717, 1.165) is 79.1 Å². The summed E-state index contributed by atoms with van der Waals surface area (Å²) in [7, 11) is 0. The molecule has 4 aliphatic heterocycles. The third-order valence-electron chi connectivity index (χ3n) is 17.3. The Kier molecular flexibility index (Phi) is 25.4. The van der Waals surface area contributed by atoms with E-state index in [1.807, 2.05) is 24.3 Å². The molecule has 5 aromatic rings. The summed E-state index contributed by atoms with van der Waals surface area (Å²) in [5, 5.41) is 108. The highest BCUT2D eigenvalue weighted by Crippen LogP contribution is 2.33. The van der Waals surface area contributed by atoms with Crippen LogP contribution in [0.5, 0.6) is 17.2 Å². The Balaban J connectivity index is 0.925. The van der Waals surface area contributed by atoms with E-state index >= 15 is 0 Å². The third kappa shape index (κ3) is 18.8. The molecule has 3 aromatic carbocycles. The van der Waals surface area contributed by atoms with Crippen LogP contribution in [0.1, 0.15) is 82.1 Å². The SMILES string of the molecule is CC(O)C1NC(=O)[C@@H](NC(=O)c2ccc(-c3cn4nc(-c5ccc(OCCCCCN6C[C@@H](C)O[C@@H](C)C6)cc5)sc4n3)cc2)CC(O)CNC(=O)C2C(O)C(C)CN2C(=O)C(C(O)CC(N)=O)NC(=O)C(C(O)Cc2ccc(O)c(OSOOO)c2)NC(=O)C2CC(O)CN2C1=O. The lowest BCUT2D eigenvalue weighted by atomic mass is 9.98. The molecule has 0 aliphatic carbocycles. The van der Waals surface area contributed by atoms with Gasteiger partial charge < -0.3 is 91.5 Å². The molecule has 4 aliphatic rings. The number of nitrogens with one attached hydrogen (secondary N) is 5. The summed E-state index contributed by atoms with van der Waals surface area (Å²) in [5.74, 6) is -10.4. The number of ether oxygens (including phenoxy) is 2. The Bertz CT molecular complexity index is 3580. The van der Waals surface area contributed by atoms with Gasteiger partial charge in [-0.3, -0.25) is 43.3 Å². The quantitative estimate of drug-likeness (QED) is 0.0165. The summed E-state index contributed by atoms with van der Waals surface area (Å²) < 4.78 is 22.8. The van der Waals surface area contributed by atoms with Gasteiger partial charge in [0.1, 0.15) is 47.0 Å². The van der Waals surface area contributed by atoms with Crippen LogP contribution in [0.15, 0.2) is 72.9 Å². The number of primary amides is 1. The number of aliphatic hydroxyl groups is 6. The van der Waals surface area contributed by atoms with Crippen LogP contribution in [0.4, 0.5) is 0 Å². The summed E-state index contributed by atoms with van der Waals surface area (Å²) in [4.78, 5) is 123. The number of benzene rings is 3. The van der Waals surface area contributed by atoms with Crippen LogP contribution in [-0.4, -0.2) is 249 Å². The summed E-state index contributed by atoms with van der Waals surface area (Å²) in [6, 6.07) is 5.55. The van der Waals surface area contributed by atoms with Gasteiger partial charge in [-0.1, -0.05) is 45.8 Å². The summed E-state index contributed by atoms with van der Waals surface area (Å²) >= 11 is 1.41. The lowest BCUT2D eigenvalue weighted by Gasteiger charge is -2.35. The molecule has 4 fully saturated rings. The number of unbranched alkanes of at least 4 members (excludes halogenated alkanes) is 2. The number of aliphatic hydroxyl groups excluding tert-OH is 6. The topological polar surface area (TPSA) is 471 Å². The zero-order valence-electron chi connectivity index (χ0n) is 54.0. The number of hydrogen-bond donors (Lipinski definition) is 14. The molecule has 532 valence electrons. The molecule has 6 heterocycles. The average Bonchev–Trinajstić information content (AvgIpc) is 1.62. The fourth-order valence-electron chi connectivity index (χ4n) is 12.4. The fraction of sp³-hybridized carbons (Fsp3) is 0.524. The zero-order chi connectivity index (χ0) is 70.6. The number of carbonyl (C=O) groups excluding carboxylic acids is 8. The van der Waals surface area contributed by atoms with Crippen molar-refractivity contribution < 1.29 is 102 Å². The number of phenolic OH excluding ortho intramolecular Hbond substituents is 1. The second kappa shape index (κ2) is 33.6. The first-order valence-electron chi connectivity index (χ1n) is 31.9. The molecule has 15 atom stereocenters. The van der Waals surface area contributed by atoms with Crippen LogP contribution in [0, 0.1) is 5.92 Å². The van der Waals surface area contributed by atoms with E-state index in [4.69, 9.17) is 34.7 Å². The van der Waals surface area contributed by atoms with Crippen LogP contribution in [0.3, 0.4) is 0 Å². The van der Waals surface area contributed by atoms with E-state index in [0.29, 0.717) is 27.8 Å². The molecule has 35 heteroatoms. The molecule has 4 saturated heterocycles. The van der Waals surface area contributed by atoms with Crippen molar-refractivity contribution in [2.75, 3.05) is 45.9 Å². The molecular formula is C63H82N12O21S2. The van der Waals surface area contributed by atoms with Gasteiger partial charge in [-0.2, -0.15) is 5.10 Å². The number of aromatic nitrogens is 3. The van der Waals surface area contributed by atoms with E-state index in [9.17, 15) is 74.1 Å². The van der Waals surface area contributed by atoms with Crippen molar-refractivity contribution in [1.29, 1.82) is 0 Å². The molecule has 0 bridgehead atoms. The molecule has 0 spiro atoms. The van der Waals surface area contributed by atoms with E-state index in [2.05, 4.69) is 54.7 Å². The first-order chi connectivity index (χ1) is 46.7. The molecule has 0 radical (unpaired) electrons. The number of amides is 8. The molecule has 2 aromatic heterocycles. The van der Waals surface area contributed by atoms with Crippen LogP contribution in [0.2, 0.25) is 0 Å². The van der Waals surface area contributed by atoms with E-state index < -0.39 is 177 Å². The van der Waals surface area contributed by atoms with Gasteiger partial charge in [-0.25, -0.2) is 14.8 Å². The van der Waals surface area contributed by atoms with Gasteiger partial charge >= 0.3 is 0 Å². The number of imidazole rings is 1. The number of hydrogen-bond acceptors (Lipinski definition) is 26. The van der Waals surface area contributed by atoms with Gasteiger partial charge in [0, 0.05) is 74.6 Å². The summed E-state index contributed by atoms with van der Waals surface area (Å²) in [6.07, 6.45) is -8.38. The number of phenols is 1. The monoisotopic (exact) mass is 1410 g/mol. The van der Waals surface area contributed by atoms with Crippen molar-refractivity contribution in [3.05, 3.63) is 84.1 Å². The lowest BCUT2D eigenvalue weighted by molar-refractivity contribution is -0.433. The molecule has 8 amide bonds. The molecule has 9 rings (SSSR count). The number of fused-ring (bicyclic) bond motifs is 3. The highest BCUT2D eigenvalue weighted by Gasteiger charge is 2.50. The van der Waals surface area contributed by atoms with Crippen molar-refractivity contribution in [3.63, 3.8) is 0 Å². The zero-order valence-corrected chi connectivity index (χ0v) is 55.6. The fourth-order valence-corrected chi connectivity index (χ4v) is 13.5. The van der Waals surface area contributed by atoms with Gasteiger partial charge in [0.15, 0.2) is 11.5 Å². The summed E-state index contributed by atoms with van der Waals surface area (Å²) in [6.45, 7) is 8.61. The first kappa shape index (κ1) is 74.1. The number of nitrogens with zero attached hydrogens (tertiary/aromatic N) is 6. The Morgan fingerprint density at radius 1 is 0.786 bits per heavy atom. The van der Waals surface area contributed by atoms with Crippen LogP contribution >= 0.6 is 23.7 Å². The molecule has 0 saturated carbocycles. The maximum Gasteiger partial charge on any atom is 0.261 e. The Labute approximate surface area is 570 Å². The van der Waals surface area contributed by atoms with E-state index in [-0.39, 0.29) is 41.4 Å². The molecular weight excluding hydrogens is 1320 g/mol. The highest BCUT2D eigenvalue weighted by molar-refractivity contribution is 7.90. The predicted molar refractivity (Wildman–Crippen MR) is 347 cm³/mol. The minimum Gasteiger partial charge on any atom is -0.504 e. The molecule has 12 unspecified atom stereocenters. The third-order valence-corrected chi connectivity index (χ3v) is 18.6. The van der Waals surface area contributed by atoms with Crippen molar-refractivity contribution in [2.45, 2.75) is 158 Å². The number of β-amino-alcohol motifs (C(OH)–C–C–N with tert-alkyl or cyclic N) is 1. The largest absolute Gasteiger partial charge is 0.504 e. The van der Waals surface area contributed by atoms with Gasteiger partial charge in [-0.15, -0.1) is 0 Å². The summed E-state index contributed by atoms with van der Waals surface area (Å²) in [5.41, 5.74) is 7.47. The van der Waals surface area contributed by atoms with Gasteiger partial charge in [0.25, 0.3) is 18.2 Å². The van der Waals surface area contributed by atoms with Crippen molar-refractivity contribution in [3.8, 4) is 39.1 Å². The number of aromatic hydroxyl groups is 1. The maximum atomic E-state index is 14.7. The lowest BCUT2D eigenvalue weighted by Crippen LogP contribution is -2.64. The first-order valence-corrected chi connectivity index (χ1v) is 33.4. The number of carbonyl (C=O) groups is 8. The van der Waals surface area contributed by atoms with Crippen LogP contribution in [0.25, 0.3) is 26.8 Å². The van der Waals surface area contributed by atoms with Crippen LogP contribution < -0.4 is 41.2 Å². The minimum atomic E-state index is -2.22. The Morgan fingerprint density at radius 3 is 2.15 bits per heavy atom. The highest BCUT2D eigenvalue weighted by atomic mass is 32.2. The Hall–Kier alpha value is -8.17. The average molecular weight is 1410 g/mol. The van der Waals surface area contributed by atoms with Gasteiger partial charge in [-0.05, 0) is 101 Å². The number of morpholine rings is 1. The van der Waals surface area contributed by atoms with Crippen LogP contribution in [-0.2, 0) is 54.1 Å². The normalized spacial score (nSPS) is 26.6. The molecule has 15 N–H and O–H groups in total. The number of nitrogens with two attached hydrogens (primary N) is 1. The smallest absolute Gasteiger partial charge is 0.261 e. The standard InChI is InChI=1S/C63H82N12O21S2/c1-31-26-74-53(54(31)83)59(88)65-25-39(77)22-42(66-55(84)37-11-9-36(10-12-37)43-30-75-63(67-43)97-60(71-75)38-13-15-41(16-14-38)92-19-7-5-6-18-72-27-32(2)93-33(3)28-72)56(85)68-50(34(4)76)61(89)73-29-40(78)23-44(73)57(86)69-51(58(87)70-52(62(74)90)47(81)24-49(64)82)46(80)20-35-8-17-45(79)48(21-35)94-98-96-95-91/h8-17,21,30-34,39-40,42,44,46-47,50-54,76-81,83,91H,5-7,18-20,22-29H2,1-4H3,(H2,64,82)(H,65,88)(H,66,84)(H,68,85)(H,69,86)(H,70,87)/t31?,32-,33+,34?,39?,40?,42-,44?,46?,47?,50?,51?,52?,53?,54?/m0/s1.